The number of nitrogens with zero attached hydrogens (tertiary/aromatic N) is 4. The van der Waals surface area contributed by atoms with Gasteiger partial charge < -0.3 is 9.80 Å². The van der Waals surface area contributed by atoms with Crippen LogP contribution in [0.5, 0.6) is 0 Å². The summed E-state index contributed by atoms with van der Waals surface area (Å²) in [4.78, 5) is 27.9. The summed E-state index contributed by atoms with van der Waals surface area (Å²) in [6.45, 7) is 0.634. The zero-order valence-electron chi connectivity index (χ0n) is 15.6. The monoisotopic (exact) mass is 394 g/mol. The Labute approximate surface area is 160 Å². The predicted octanol–water partition coefficient (Wildman–Crippen LogP) is 2.45. The molecule has 3 rings (SSSR count). The summed E-state index contributed by atoms with van der Waals surface area (Å²) in [5.41, 5.74) is 0.518. The summed E-state index contributed by atoms with van der Waals surface area (Å²) < 4.78 is 40.2. The maximum atomic E-state index is 12.9. The molecule has 1 atom stereocenters. The highest BCUT2D eigenvalue weighted by Crippen LogP contribution is 2.30. The molecule has 1 aliphatic rings. The molecule has 0 spiro atoms. The van der Waals surface area contributed by atoms with Crippen LogP contribution in [-0.2, 0) is 35.9 Å². The topological polar surface area (TPSA) is 58.4 Å². The molecule has 2 heterocycles. The molecule has 0 aliphatic carbocycles. The lowest BCUT2D eigenvalue weighted by Gasteiger charge is -2.21. The normalized spacial score (nSPS) is 17.2. The minimum Gasteiger partial charge on any atom is -0.341 e. The maximum absolute atomic E-state index is 12.9. The van der Waals surface area contributed by atoms with Gasteiger partial charge in [-0.15, -0.1) is 0 Å². The van der Waals surface area contributed by atoms with Crippen LogP contribution in [0.25, 0.3) is 0 Å². The molecule has 9 heteroatoms. The Morgan fingerprint density at radius 2 is 2.07 bits per heavy atom. The Balaban J connectivity index is 1.62. The van der Waals surface area contributed by atoms with Crippen molar-refractivity contribution in [3.63, 3.8) is 0 Å². The summed E-state index contributed by atoms with van der Waals surface area (Å²) in [5.74, 6) is -0.894. The van der Waals surface area contributed by atoms with Crippen molar-refractivity contribution in [1.82, 2.24) is 19.6 Å². The minimum absolute atomic E-state index is 0.0544. The molecule has 1 saturated heterocycles. The molecular weight excluding hydrogens is 373 g/mol. The fourth-order valence-corrected chi connectivity index (χ4v) is 3.37. The maximum Gasteiger partial charge on any atom is 0.416 e. The standard InChI is InChI=1S/C19H21F3N4O2/c1-24(9-14-8-23-25(2)10-14)18(28)15-7-17(27)26(12-15)11-13-4-3-5-16(6-13)19(20,21)22/h3-6,8,10,15H,7,9,11-12H2,1-2H3/t15-/m0/s1. The van der Waals surface area contributed by atoms with Crippen LogP contribution >= 0.6 is 0 Å². The number of aromatic nitrogens is 2. The van der Waals surface area contributed by atoms with Gasteiger partial charge in [0.15, 0.2) is 0 Å². The molecular formula is C19H21F3N4O2. The minimum atomic E-state index is -4.43. The van der Waals surface area contributed by atoms with E-state index in [1.165, 1.54) is 11.0 Å². The molecule has 0 radical (unpaired) electrons. The van der Waals surface area contributed by atoms with Crippen molar-refractivity contribution in [3.8, 4) is 0 Å². The summed E-state index contributed by atoms with van der Waals surface area (Å²) in [6.07, 6.45) is -0.888. The van der Waals surface area contributed by atoms with Crippen molar-refractivity contribution in [2.75, 3.05) is 13.6 Å². The van der Waals surface area contributed by atoms with Crippen LogP contribution in [0, 0.1) is 5.92 Å². The number of amides is 2. The van der Waals surface area contributed by atoms with Crippen molar-refractivity contribution < 1.29 is 22.8 Å². The molecule has 6 nitrogen and oxygen atoms in total. The second-order valence-corrected chi connectivity index (χ2v) is 7.09. The van der Waals surface area contributed by atoms with E-state index in [1.807, 2.05) is 6.20 Å². The molecule has 1 aromatic carbocycles. The molecule has 2 amide bonds. The zero-order chi connectivity index (χ0) is 20.5. The van der Waals surface area contributed by atoms with Crippen molar-refractivity contribution in [2.45, 2.75) is 25.7 Å². The second-order valence-electron chi connectivity index (χ2n) is 7.09. The molecule has 2 aromatic rings. The van der Waals surface area contributed by atoms with E-state index >= 15 is 0 Å². The highest BCUT2D eigenvalue weighted by molar-refractivity contribution is 5.89. The molecule has 1 aliphatic heterocycles. The molecule has 1 fully saturated rings. The fourth-order valence-electron chi connectivity index (χ4n) is 3.37. The van der Waals surface area contributed by atoms with Gasteiger partial charge in [-0.05, 0) is 17.7 Å². The summed E-state index contributed by atoms with van der Waals surface area (Å²) >= 11 is 0. The van der Waals surface area contributed by atoms with Gasteiger partial charge in [0.05, 0.1) is 17.7 Å². The van der Waals surface area contributed by atoms with Crippen LogP contribution in [0.2, 0.25) is 0 Å². The smallest absolute Gasteiger partial charge is 0.341 e. The van der Waals surface area contributed by atoms with Crippen molar-refractivity contribution in [2.24, 2.45) is 13.0 Å². The van der Waals surface area contributed by atoms with Gasteiger partial charge in [0.2, 0.25) is 11.8 Å². The van der Waals surface area contributed by atoms with E-state index in [1.54, 1.807) is 35.9 Å². The third kappa shape index (κ3) is 4.52. The van der Waals surface area contributed by atoms with Crippen LogP contribution in [0.1, 0.15) is 23.1 Å². The average molecular weight is 394 g/mol. The van der Waals surface area contributed by atoms with Gasteiger partial charge in [-0.3, -0.25) is 14.3 Å². The first kappa shape index (κ1) is 19.9. The molecule has 28 heavy (non-hydrogen) atoms. The Kier molecular flexibility index (Phi) is 5.44. The third-order valence-corrected chi connectivity index (χ3v) is 4.75. The van der Waals surface area contributed by atoms with E-state index in [0.717, 1.165) is 17.7 Å². The van der Waals surface area contributed by atoms with E-state index in [4.69, 9.17) is 0 Å². The zero-order valence-corrected chi connectivity index (χ0v) is 15.6. The molecule has 0 saturated carbocycles. The molecule has 150 valence electrons. The van der Waals surface area contributed by atoms with Gasteiger partial charge in [-0.1, -0.05) is 12.1 Å². The molecule has 0 bridgehead atoms. The highest BCUT2D eigenvalue weighted by atomic mass is 19.4. The Morgan fingerprint density at radius 1 is 1.32 bits per heavy atom. The number of halogens is 3. The Bertz CT molecular complexity index is 878. The molecule has 0 unspecified atom stereocenters. The molecule has 1 aromatic heterocycles. The Hall–Kier alpha value is -2.84. The van der Waals surface area contributed by atoms with Crippen LogP contribution in [0.4, 0.5) is 13.2 Å². The SMILES string of the molecule is CN(Cc1cnn(C)c1)C(=O)[C@H]1CC(=O)N(Cc2cccc(C(F)(F)F)c2)C1. The second kappa shape index (κ2) is 7.65. The number of carbonyl (C=O) groups excluding carboxylic acids is 2. The number of aryl methyl sites for hydroxylation is 1. The van der Waals surface area contributed by atoms with E-state index in [9.17, 15) is 22.8 Å². The lowest BCUT2D eigenvalue weighted by atomic mass is 10.1. The number of hydrogen-bond acceptors (Lipinski definition) is 3. The van der Waals surface area contributed by atoms with Crippen LogP contribution in [0.15, 0.2) is 36.7 Å². The van der Waals surface area contributed by atoms with Gasteiger partial charge in [0, 0.05) is 51.9 Å². The fraction of sp³-hybridized carbons (Fsp3) is 0.421. The lowest BCUT2D eigenvalue weighted by molar-refractivity contribution is -0.137. The van der Waals surface area contributed by atoms with Crippen molar-refractivity contribution >= 4 is 11.8 Å². The molecule has 0 N–H and O–H groups in total. The number of rotatable bonds is 5. The quantitative estimate of drug-likeness (QED) is 0.783. The van der Waals surface area contributed by atoms with Gasteiger partial charge in [0.1, 0.15) is 0 Å². The van der Waals surface area contributed by atoms with Crippen LogP contribution in [0.3, 0.4) is 0 Å². The highest BCUT2D eigenvalue weighted by Gasteiger charge is 2.36. The van der Waals surface area contributed by atoms with Gasteiger partial charge >= 0.3 is 6.18 Å². The van der Waals surface area contributed by atoms with Gasteiger partial charge in [-0.2, -0.15) is 18.3 Å². The number of alkyl halides is 3. The third-order valence-electron chi connectivity index (χ3n) is 4.75. The largest absolute Gasteiger partial charge is 0.416 e. The van der Waals surface area contributed by atoms with E-state index in [0.29, 0.717) is 12.1 Å². The van der Waals surface area contributed by atoms with E-state index < -0.39 is 17.7 Å². The van der Waals surface area contributed by atoms with Crippen molar-refractivity contribution in [1.29, 1.82) is 0 Å². The van der Waals surface area contributed by atoms with Crippen LogP contribution in [-0.4, -0.2) is 45.0 Å². The lowest BCUT2D eigenvalue weighted by Crippen LogP contribution is -2.34. The van der Waals surface area contributed by atoms with Gasteiger partial charge in [-0.25, -0.2) is 0 Å². The number of likely N-dealkylation sites (tertiary alicyclic amines) is 1. The van der Waals surface area contributed by atoms with Crippen molar-refractivity contribution in [3.05, 3.63) is 53.3 Å². The Morgan fingerprint density at radius 3 is 2.71 bits per heavy atom. The first-order valence-electron chi connectivity index (χ1n) is 8.80. The van der Waals surface area contributed by atoms with E-state index in [2.05, 4.69) is 5.10 Å². The van der Waals surface area contributed by atoms with E-state index in [-0.39, 0.29) is 31.3 Å². The summed E-state index contributed by atoms with van der Waals surface area (Å²) in [7, 11) is 3.45. The first-order chi connectivity index (χ1) is 13.1. The van der Waals surface area contributed by atoms with Crippen LogP contribution < -0.4 is 0 Å². The number of carbonyl (C=O) groups is 2. The predicted molar refractivity (Wildman–Crippen MR) is 94.7 cm³/mol. The average Bonchev–Trinajstić information content (AvgIpc) is 3.19. The summed E-state index contributed by atoms with van der Waals surface area (Å²) in [5, 5.41) is 4.06. The first-order valence-corrected chi connectivity index (χ1v) is 8.80. The summed E-state index contributed by atoms with van der Waals surface area (Å²) in [6, 6.07) is 4.90. The van der Waals surface area contributed by atoms with Gasteiger partial charge in [0.25, 0.3) is 0 Å². The number of benzene rings is 1. The number of hydrogen-bond donors (Lipinski definition) is 0.